The Labute approximate surface area is 200 Å². The molecule has 35 heavy (non-hydrogen) atoms. The molecule has 6 nitrogen and oxygen atoms in total. The second-order valence-corrected chi connectivity index (χ2v) is 8.18. The summed E-state index contributed by atoms with van der Waals surface area (Å²) >= 11 is 0. The number of rotatable bonds is 6. The third-order valence-electron chi connectivity index (χ3n) is 5.23. The molecule has 1 heterocycles. The fraction of sp³-hybridized carbons (Fsp3) is 0.192. The molecule has 0 bridgehead atoms. The number of methoxy groups -OCH3 is 1. The predicted molar refractivity (Wildman–Crippen MR) is 130 cm³/mol. The van der Waals surface area contributed by atoms with Crippen LogP contribution in [0.15, 0.2) is 66.9 Å². The van der Waals surface area contributed by atoms with Gasteiger partial charge in [-0.3, -0.25) is 4.79 Å². The van der Waals surface area contributed by atoms with Gasteiger partial charge in [-0.1, -0.05) is 24.3 Å². The number of fused-ring (bicyclic) bond motifs is 1. The van der Waals surface area contributed by atoms with E-state index in [1.54, 1.807) is 37.6 Å². The van der Waals surface area contributed by atoms with Gasteiger partial charge in [0, 0.05) is 34.9 Å². The highest BCUT2D eigenvalue weighted by molar-refractivity contribution is 6.05. The van der Waals surface area contributed by atoms with Crippen LogP contribution in [0.25, 0.3) is 22.0 Å². The van der Waals surface area contributed by atoms with Gasteiger partial charge in [0.2, 0.25) is 5.95 Å². The summed E-state index contributed by atoms with van der Waals surface area (Å²) < 4.78 is 45.5. The highest BCUT2D eigenvalue weighted by atomic mass is 19.4. The molecule has 3 aromatic carbocycles. The first-order valence-electron chi connectivity index (χ1n) is 10.8. The van der Waals surface area contributed by atoms with Crippen molar-refractivity contribution in [1.82, 2.24) is 9.97 Å². The summed E-state index contributed by atoms with van der Waals surface area (Å²) in [6.45, 7) is 3.98. The topological polar surface area (TPSA) is 76.1 Å². The standard InChI is InChI=1S/C26H23F3N4O2/c1-15(2)31-25-30-14-17-12-20(23(35-3)13-22(17)33-25)16-7-6-8-18(11-16)32-24(34)19-9-4-5-10-21(19)26(27,28)29/h4-15H,1-3H3,(H,32,34)(H,30,31,33). The number of hydrogen-bond acceptors (Lipinski definition) is 5. The van der Waals surface area contributed by atoms with E-state index in [2.05, 4.69) is 20.6 Å². The zero-order chi connectivity index (χ0) is 25.2. The quantitative estimate of drug-likeness (QED) is 0.334. The Morgan fingerprint density at radius 2 is 1.80 bits per heavy atom. The molecule has 0 spiro atoms. The van der Waals surface area contributed by atoms with Gasteiger partial charge in [0.1, 0.15) is 5.75 Å². The average molecular weight is 480 g/mol. The van der Waals surface area contributed by atoms with Crippen LogP contribution in [0.3, 0.4) is 0 Å². The van der Waals surface area contributed by atoms with Gasteiger partial charge in [0.15, 0.2) is 0 Å². The number of alkyl halides is 3. The van der Waals surface area contributed by atoms with E-state index in [1.807, 2.05) is 26.0 Å². The third kappa shape index (κ3) is 5.34. The van der Waals surface area contributed by atoms with Crippen molar-refractivity contribution in [2.75, 3.05) is 17.7 Å². The highest BCUT2D eigenvalue weighted by Gasteiger charge is 2.34. The number of ether oxygens (including phenoxy) is 1. The molecule has 1 amide bonds. The van der Waals surface area contributed by atoms with Crippen molar-refractivity contribution in [2.45, 2.75) is 26.1 Å². The van der Waals surface area contributed by atoms with Crippen LogP contribution in [-0.2, 0) is 6.18 Å². The number of nitrogens with zero attached hydrogens (tertiary/aromatic N) is 2. The van der Waals surface area contributed by atoms with Gasteiger partial charge in [-0.05, 0) is 49.7 Å². The number of amides is 1. The molecule has 4 aromatic rings. The minimum Gasteiger partial charge on any atom is -0.496 e. The minimum absolute atomic E-state index is 0.176. The minimum atomic E-state index is -4.64. The maximum Gasteiger partial charge on any atom is 0.417 e. The van der Waals surface area contributed by atoms with Crippen LogP contribution >= 0.6 is 0 Å². The van der Waals surface area contributed by atoms with Gasteiger partial charge >= 0.3 is 6.18 Å². The maximum atomic E-state index is 13.3. The van der Waals surface area contributed by atoms with E-state index < -0.39 is 23.2 Å². The SMILES string of the molecule is COc1cc2nc(NC(C)C)ncc2cc1-c1cccc(NC(=O)c2ccccc2C(F)(F)F)c1. The molecule has 0 unspecified atom stereocenters. The Hall–Kier alpha value is -4.14. The fourth-order valence-corrected chi connectivity index (χ4v) is 3.67. The van der Waals surface area contributed by atoms with E-state index in [0.29, 0.717) is 28.5 Å². The van der Waals surface area contributed by atoms with Crippen molar-refractivity contribution in [3.63, 3.8) is 0 Å². The first kappa shape index (κ1) is 24.0. The van der Waals surface area contributed by atoms with E-state index in [0.717, 1.165) is 23.1 Å². The molecule has 0 fully saturated rings. The van der Waals surface area contributed by atoms with Gasteiger partial charge in [0.05, 0.1) is 23.8 Å². The summed E-state index contributed by atoms with van der Waals surface area (Å²) in [5.41, 5.74) is 1.03. The number of carbonyl (C=O) groups is 1. The Morgan fingerprint density at radius 3 is 2.51 bits per heavy atom. The zero-order valence-electron chi connectivity index (χ0n) is 19.3. The van der Waals surface area contributed by atoms with Crippen molar-refractivity contribution in [1.29, 1.82) is 0 Å². The van der Waals surface area contributed by atoms with Crippen molar-refractivity contribution in [2.24, 2.45) is 0 Å². The Morgan fingerprint density at radius 1 is 1.03 bits per heavy atom. The molecule has 1 aromatic heterocycles. The van der Waals surface area contributed by atoms with Crippen LogP contribution in [0, 0.1) is 0 Å². The number of hydrogen-bond donors (Lipinski definition) is 2. The molecule has 0 aliphatic heterocycles. The number of nitrogens with one attached hydrogen (secondary N) is 2. The van der Waals surface area contributed by atoms with E-state index >= 15 is 0 Å². The molecule has 4 rings (SSSR count). The summed E-state index contributed by atoms with van der Waals surface area (Å²) in [6, 6.07) is 15.3. The number of halogens is 3. The summed E-state index contributed by atoms with van der Waals surface area (Å²) in [7, 11) is 1.54. The second-order valence-electron chi connectivity index (χ2n) is 8.18. The van der Waals surface area contributed by atoms with Crippen LogP contribution in [0.5, 0.6) is 5.75 Å². The lowest BCUT2D eigenvalue weighted by atomic mass is 10.0. The molecule has 0 atom stereocenters. The fourth-order valence-electron chi connectivity index (χ4n) is 3.67. The number of carbonyl (C=O) groups excluding carboxylic acids is 1. The highest BCUT2D eigenvalue weighted by Crippen LogP contribution is 2.36. The molecule has 9 heteroatoms. The van der Waals surface area contributed by atoms with Gasteiger partial charge < -0.3 is 15.4 Å². The van der Waals surface area contributed by atoms with Crippen molar-refractivity contribution >= 4 is 28.4 Å². The number of benzene rings is 3. The Balaban J connectivity index is 1.67. The molecule has 0 saturated heterocycles. The van der Waals surface area contributed by atoms with E-state index in [4.69, 9.17) is 4.74 Å². The lowest BCUT2D eigenvalue weighted by Crippen LogP contribution is -2.18. The lowest BCUT2D eigenvalue weighted by molar-refractivity contribution is -0.137. The summed E-state index contributed by atoms with van der Waals surface area (Å²) in [5, 5.41) is 6.51. The van der Waals surface area contributed by atoms with Crippen LogP contribution in [-0.4, -0.2) is 29.0 Å². The monoisotopic (exact) mass is 480 g/mol. The summed E-state index contributed by atoms with van der Waals surface area (Å²) in [4.78, 5) is 21.5. The third-order valence-corrected chi connectivity index (χ3v) is 5.23. The molecular formula is C26H23F3N4O2. The molecule has 0 aliphatic carbocycles. The lowest BCUT2D eigenvalue weighted by Gasteiger charge is -2.14. The normalized spacial score (nSPS) is 11.5. The first-order valence-corrected chi connectivity index (χ1v) is 10.8. The number of aromatic nitrogens is 2. The largest absolute Gasteiger partial charge is 0.496 e. The van der Waals surface area contributed by atoms with E-state index in [-0.39, 0.29) is 6.04 Å². The van der Waals surface area contributed by atoms with Gasteiger partial charge in [0.25, 0.3) is 5.91 Å². The van der Waals surface area contributed by atoms with E-state index in [1.165, 1.54) is 12.1 Å². The Kier molecular flexibility index (Phi) is 6.59. The van der Waals surface area contributed by atoms with E-state index in [9.17, 15) is 18.0 Å². The van der Waals surface area contributed by atoms with Crippen LogP contribution in [0.2, 0.25) is 0 Å². The Bertz CT molecular complexity index is 1390. The summed E-state index contributed by atoms with van der Waals surface area (Å²) in [6.07, 6.45) is -2.93. The number of anilines is 2. The van der Waals surface area contributed by atoms with Crippen LogP contribution in [0.4, 0.5) is 24.8 Å². The van der Waals surface area contributed by atoms with Gasteiger partial charge in [-0.15, -0.1) is 0 Å². The van der Waals surface area contributed by atoms with Gasteiger partial charge in [-0.25, -0.2) is 9.97 Å². The molecule has 0 saturated carbocycles. The molecular weight excluding hydrogens is 457 g/mol. The smallest absolute Gasteiger partial charge is 0.417 e. The average Bonchev–Trinajstić information content (AvgIpc) is 2.82. The second kappa shape index (κ2) is 9.61. The molecule has 0 aliphatic rings. The maximum absolute atomic E-state index is 13.3. The predicted octanol–water partition coefficient (Wildman–Crippen LogP) is 6.40. The van der Waals surface area contributed by atoms with Gasteiger partial charge in [-0.2, -0.15) is 13.2 Å². The van der Waals surface area contributed by atoms with Crippen LogP contribution in [0.1, 0.15) is 29.8 Å². The van der Waals surface area contributed by atoms with Crippen LogP contribution < -0.4 is 15.4 Å². The first-order chi connectivity index (χ1) is 16.7. The summed E-state index contributed by atoms with van der Waals surface area (Å²) in [5.74, 6) is 0.211. The van der Waals surface area contributed by atoms with Crippen molar-refractivity contribution in [3.05, 3.63) is 78.0 Å². The molecule has 180 valence electrons. The zero-order valence-corrected chi connectivity index (χ0v) is 19.3. The molecule has 0 radical (unpaired) electrons. The van der Waals surface area contributed by atoms with Crippen molar-refractivity contribution < 1.29 is 22.7 Å². The van der Waals surface area contributed by atoms with Crippen molar-refractivity contribution in [3.8, 4) is 16.9 Å². The molecule has 2 N–H and O–H groups in total.